The van der Waals surface area contributed by atoms with Crippen molar-refractivity contribution in [3.8, 4) is 0 Å². The Morgan fingerprint density at radius 1 is 0.277 bits per heavy atom. The highest BCUT2D eigenvalue weighted by Crippen LogP contribution is 2.49. The first kappa shape index (κ1) is 109. The summed E-state index contributed by atoms with van der Waals surface area (Å²) in [7, 11) is 0. The zero-order chi connectivity index (χ0) is 102. The minimum Gasteiger partial charge on any atom is -0.298 e. The van der Waals surface area contributed by atoms with Crippen LogP contribution in [0.2, 0.25) is 0 Å². The number of carbonyl (C=O) groups excluding carboxylic acids is 12. The van der Waals surface area contributed by atoms with E-state index in [0.717, 1.165) is 193 Å². The molecule has 6 aromatic carbocycles. The highest BCUT2D eigenvalue weighted by molar-refractivity contribution is 6.25. The van der Waals surface area contributed by atoms with Crippen LogP contribution in [0.4, 0.5) is 0 Å². The number of benzene rings is 6. The van der Waals surface area contributed by atoms with Gasteiger partial charge in [-0.3, -0.25) is 57.5 Å². The van der Waals surface area contributed by atoms with E-state index in [2.05, 4.69) is 153 Å². The summed E-state index contributed by atoms with van der Waals surface area (Å²) in [5.41, 5.74) is 29.3. The van der Waals surface area contributed by atoms with Crippen LogP contribution in [0.15, 0.2) is 120 Å². The maximum Gasteiger partial charge on any atom is 0.173 e. The molecule has 12 atom stereocenters. The Balaban J connectivity index is 0.000000142. The number of carbonyl (C=O) groups is 12. The first-order valence-corrected chi connectivity index (χ1v) is 54.6. The number of Topliss-reactive ketones (excluding diaryl/α,β-unsaturated/α-hetero) is 12. The third-order valence-electron chi connectivity index (χ3n) is 34.8. The van der Waals surface area contributed by atoms with Crippen molar-refractivity contribution in [2.24, 2.45) is 71.0 Å². The third-order valence-corrected chi connectivity index (χ3v) is 34.8. The van der Waals surface area contributed by atoms with Crippen LogP contribution < -0.4 is 0 Å². The molecule has 12 aliphatic rings. The molecule has 12 nitrogen and oxygen atoms in total. The zero-order valence-electron chi connectivity index (χ0n) is 89.7. The van der Waals surface area contributed by atoms with Crippen LogP contribution in [0.5, 0.6) is 0 Å². The van der Waals surface area contributed by atoms with Gasteiger partial charge >= 0.3 is 0 Å². The number of hydrogen-bond acceptors (Lipinski definition) is 12. The van der Waals surface area contributed by atoms with E-state index in [1.54, 1.807) is 0 Å². The van der Waals surface area contributed by atoms with E-state index >= 15 is 0 Å². The molecule has 12 fully saturated rings. The molecule has 12 unspecified atom stereocenters. The second-order valence-electron chi connectivity index (χ2n) is 46.8. The fourth-order valence-corrected chi connectivity index (χ4v) is 28.3. The molecule has 0 spiro atoms. The molecule has 12 aliphatic carbocycles. The van der Waals surface area contributed by atoms with Crippen molar-refractivity contribution in [2.45, 2.75) is 399 Å². The highest BCUT2D eigenvalue weighted by atomic mass is 16.2. The van der Waals surface area contributed by atoms with Crippen LogP contribution in [-0.4, -0.2) is 69.4 Å². The van der Waals surface area contributed by atoms with Crippen molar-refractivity contribution < 1.29 is 57.5 Å². The number of aryl methyl sites for hydroxylation is 18. The lowest BCUT2D eigenvalue weighted by Crippen LogP contribution is -2.26. The molecule has 0 bridgehead atoms. The maximum absolute atomic E-state index is 13.1. The van der Waals surface area contributed by atoms with Crippen LogP contribution >= 0.6 is 0 Å². The van der Waals surface area contributed by atoms with Crippen LogP contribution in [0.1, 0.15) is 408 Å². The van der Waals surface area contributed by atoms with Gasteiger partial charge in [-0.2, -0.15) is 0 Å². The predicted octanol–water partition coefficient (Wildman–Crippen LogP) is 29.2. The van der Waals surface area contributed by atoms with Gasteiger partial charge in [0.2, 0.25) is 0 Å². The molecule has 0 N–H and O–H groups in total. The lowest BCUT2D eigenvalue weighted by atomic mass is 9.71. The van der Waals surface area contributed by atoms with E-state index in [1.807, 2.05) is 90.0 Å². The van der Waals surface area contributed by atoms with Crippen LogP contribution in [0.3, 0.4) is 0 Å². The molecule has 0 aliphatic heterocycles. The van der Waals surface area contributed by atoms with Crippen molar-refractivity contribution >= 4 is 69.4 Å². The lowest BCUT2D eigenvalue weighted by molar-refractivity contribution is -0.126. The molecule has 0 radical (unpaired) electrons. The van der Waals surface area contributed by atoms with E-state index in [-0.39, 0.29) is 87.2 Å². The van der Waals surface area contributed by atoms with Gasteiger partial charge in [0, 0.05) is 56.3 Å². The topological polar surface area (TPSA) is 205 Å². The molecule has 0 heterocycles. The van der Waals surface area contributed by atoms with Crippen molar-refractivity contribution in [3.63, 3.8) is 0 Å². The quantitative estimate of drug-likeness (QED) is 0.0504. The Labute approximate surface area is 845 Å². The summed E-state index contributed by atoms with van der Waals surface area (Å²) >= 11 is 0. The van der Waals surface area contributed by atoms with Gasteiger partial charge in [0.15, 0.2) is 52.0 Å². The number of rotatable bonds is 16. The fraction of sp³-hybridized carbons (Fsp3) is 0.566. The van der Waals surface area contributed by atoms with Gasteiger partial charge in [-0.25, -0.2) is 0 Å². The minimum absolute atomic E-state index is 0.0271. The Morgan fingerprint density at radius 2 is 0.511 bits per heavy atom. The summed E-state index contributed by atoms with van der Waals surface area (Å²) in [4.78, 5) is 153. The van der Waals surface area contributed by atoms with Crippen molar-refractivity contribution in [1.82, 2.24) is 0 Å². The van der Waals surface area contributed by atoms with Gasteiger partial charge in [0.25, 0.3) is 0 Å². The van der Waals surface area contributed by atoms with Crippen molar-refractivity contribution in [2.75, 3.05) is 0 Å². The van der Waals surface area contributed by atoms with Crippen LogP contribution in [-0.2, 0) is 57.5 Å². The Bertz CT molecular complexity index is 5740. The van der Waals surface area contributed by atoms with Gasteiger partial charge in [-0.1, -0.05) is 253 Å². The van der Waals surface area contributed by atoms with E-state index in [4.69, 9.17) is 0 Å². The van der Waals surface area contributed by atoms with Crippen molar-refractivity contribution in [3.05, 3.63) is 253 Å². The normalized spacial score (nSPS) is 27.2. The monoisotopic (exact) mass is 1910 g/mol. The van der Waals surface area contributed by atoms with E-state index in [9.17, 15) is 57.5 Å². The van der Waals surface area contributed by atoms with Gasteiger partial charge in [0.05, 0.1) is 0 Å². The second kappa shape index (κ2) is 47.9. The molecule has 12 saturated carbocycles. The van der Waals surface area contributed by atoms with E-state index in [0.29, 0.717) is 85.9 Å². The molecule has 18 rings (SSSR count). The number of hydrogen-bond donors (Lipinski definition) is 0. The SMILES string of the molecule is C=C(C)C1CCC(/C=C2\CC(=O)C(c3c(C)cc(C)cc3C)C2=O)CC1.Cc1cc(C)c(C2C(=O)C/C(=C\C3CCCC3)C2=O)c(C)c1.Cc1cc(C)c(C2C(=O)C/C(=C\C3CCCCC3)C2=O)c(C)c1.Cc1cc(C)c(C2C(=O)CC(CC3CC(C)CCC3C)C2=O)c(C)c1.Cc1cc(C)c(C2C(=O)CC(CC3CCCC3)C2=O)c(C)c1.Cc1cc(C)c(C2C(=O)CC(CC3CCCCC3)C2=O)c(C)c1. The lowest BCUT2D eigenvalue weighted by Gasteiger charge is -2.34. The molecule has 0 amide bonds. The van der Waals surface area contributed by atoms with Gasteiger partial charge in [-0.15, -0.1) is 0 Å². The van der Waals surface area contributed by atoms with E-state index < -0.39 is 35.5 Å². The standard InChI is InChI=1S/C24H30O2.C23H32O2.C21H28O2.C21H26O2.C20H26O2.C20H24O2/c1-14(2)19-8-6-18(7-9-19)12-20-13-21(25)23(24(20)26)22-16(4)10-15(3)11-17(22)5;1-13-6-7-15(3)18(10-13)11-19-12-20(24)22(23(19)25)21-16(4)8-14(2)9-17(21)5;2*1-13-9-14(2)19(15(3)10-13)20-18(22)12-17(21(20)23)11-16-7-5-4-6-8-16;2*1-12-8-13(2)18(14(3)9-12)19-17(21)11-16(20(19)22)10-15-6-4-5-7-15/h10-12,18-19,23H,1,6-9,13H2,2-5H3;8-9,13,15,18-19,22H,6-7,10-12H2,1-5H3;9-10,16-17,20H,4-8,11-12H2,1-3H3;9-11,16,20H,4-8,12H2,1-3H3;8-9,15-16,19H,4-7,10-11H2,1-3H3;8-10,15,19H,4-7,11H2,1-3H3/b20-12+;;;17-11+;;16-10+. The third kappa shape index (κ3) is 26.0. The molecular weight excluding hydrogens is 1740 g/mol. The second-order valence-corrected chi connectivity index (χ2v) is 46.8. The molecule has 141 heavy (non-hydrogen) atoms. The Kier molecular flexibility index (Phi) is 36.9. The van der Waals surface area contributed by atoms with Gasteiger partial charge in [-0.05, 0) is 379 Å². The molecule has 0 aromatic heterocycles. The molecule has 754 valence electrons. The van der Waals surface area contributed by atoms with Gasteiger partial charge in [0.1, 0.15) is 52.9 Å². The predicted molar refractivity (Wildman–Crippen MR) is 570 cm³/mol. The zero-order valence-corrected chi connectivity index (χ0v) is 89.7. The molecule has 0 saturated heterocycles. The van der Waals surface area contributed by atoms with Crippen LogP contribution in [0, 0.1) is 196 Å². The average Bonchev–Trinajstić information content (AvgIpc) is 1.65. The molecule has 6 aromatic rings. The first-order valence-electron chi connectivity index (χ1n) is 54.6. The summed E-state index contributed by atoms with van der Waals surface area (Å²) in [6, 6.07) is 25.0. The first-order chi connectivity index (χ1) is 66.9. The maximum atomic E-state index is 13.1. The van der Waals surface area contributed by atoms with Gasteiger partial charge < -0.3 is 0 Å². The summed E-state index contributed by atoms with van der Waals surface area (Å²) in [6.45, 7) is 47.4. The fourth-order valence-electron chi connectivity index (χ4n) is 28.3. The van der Waals surface area contributed by atoms with Crippen LogP contribution in [0.25, 0.3) is 0 Å². The Hall–Kier alpha value is -9.68. The van der Waals surface area contributed by atoms with Crippen molar-refractivity contribution in [1.29, 1.82) is 0 Å². The summed E-state index contributed by atoms with van der Waals surface area (Å²) in [5, 5.41) is 0. The number of ketones is 12. The smallest absolute Gasteiger partial charge is 0.173 e. The summed E-state index contributed by atoms with van der Waals surface area (Å²) in [6.07, 6.45) is 42.1. The minimum atomic E-state index is -0.589. The summed E-state index contributed by atoms with van der Waals surface area (Å²) in [5.74, 6) is 3.41. The number of allylic oxidation sites excluding steroid dienone is 7. The average molecular weight is 1910 g/mol. The molecular formula is C129H166O12. The Morgan fingerprint density at radius 3 is 0.780 bits per heavy atom. The molecule has 12 heteroatoms. The highest BCUT2D eigenvalue weighted by Gasteiger charge is 2.50. The summed E-state index contributed by atoms with van der Waals surface area (Å²) < 4.78 is 0. The van der Waals surface area contributed by atoms with E-state index in [1.165, 1.54) is 148 Å². The largest absolute Gasteiger partial charge is 0.298 e.